The van der Waals surface area contributed by atoms with Crippen LogP contribution in [-0.4, -0.2) is 27.0 Å². The molecule has 0 radical (unpaired) electrons. The Kier molecular flexibility index (Phi) is 14.8. The fraction of sp³-hybridized carbons (Fsp3) is 0.577. The molecule has 0 aromatic heterocycles. The van der Waals surface area contributed by atoms with E-state index >= 15 is 0 Å². The molecule has 0 aromatic rings. The van der Waals surface area contributed by atoms with Crippen LogP contribution in [0.15, 0.2) is 65.5 Å². The molecule has 0 bridgehead atoms. The van der Waals surface area contributed by atoms with Crippen molar-refractivity contribution in [3.05, 3.63) is 60.5 Å². The van der Waals surface area contributed by atoms with Crippen LogP contribution in [-0.2, 0) is 4.74 Å². The third-order valence-corrected chi connectivity index (χ3v) is 5.48. The highest BCUT2D eigenvalue weighted by Gasteiger charge is 2.22. The minimum atomic E-state index is 0.391. The Labute approximate surface area is 179 Å². The minimum absolute atomic E-state index is 0.391. The number of nitrogens with zero attached hydrogens (tertiary/aromatic N) is 1. The Balaban J connectivity index is 2.92. The largest absolute Gasteiger partial charge is 0.394 e. The van der Waals surface area contributed by atoms with Crippen molar-refractivity contribution >= 4 is 6.72 Å². The predicted octanol–water partition coefficient (Wildman–Crippen LogP) is 6.77. The van der Waals surface area contributed by atoms with E-state index in [-0.39, 0.29) is 0 Å². The first kappa shape index (κ1) is 25.2. The molecule has 1 aliphatic carbocycles. The summed E-state index contributed by atoms with van der Waals surface area (Å²) in [6, 6.07) is 0. The van der Waals surface area contributed by atoms with Crippen LogP contribution in [0.5, 0.6) is 0 Å². The summed E-state index contributed by atoms with van der Waals surface area (Å²) in [5, 5.41) is 3.26. The molecule has 1 saturated carbocycles. The van der Waals surface area contributed by atoms with Gasteiger partial charge in [0.15, 0.2) is 0 Å². The van der Waals surface area contributed by atoms with Gasteiger partial charge in [-0.15, -0.1) is 0 Å². The van der Waals surface area contributed by atoms with E-state index in [1.54, 1.807) is 6.20 Å². The quantitative estimate of drug-likeness (QED) is 0.211. The van der Waals surface area contributed by atoms with Crippen molar-refractivity contribution in [2.45, 2.75) is 64.7 Å². The molecule has 0 spiro atoms. The molecule has 1 N–H and O–H groups in total. The maximum absolute atomic E-state index is 5.44. The van der Waals surface area contributed by atoms with Crippen molar-refractivity contribution in [1.29, 1.82) is 0 Å². The van der Waals surface area contributed by atoms with Crippen LogP contribution in [0.3, 0.4) is 0 Å². The van der Waals surface area contributed by atoms with Gasteiger partial charge in [-0.2, -0.15) is 0 Å². The van der Waals surface area contributed by atoms with E-state index in [0.717, 1.165) is 31.6 Å². The molecule has 0 aromatic carbocycles. The summed E-state index contributed by atoms with van der Waals surface area (Å²) >= 11 is 0. The first-order valence-electron chi connectivity index (χ1n) is 11.3. The number of allylic oxidation sites excluding steroid dienone is 7. The first-order chi connectivity index (χ1) is 14.2. The molecule has 1 rings (SSSR count). The predicted molar refractivity (Wildman–Crippen MR) is 128 cm³/mol. The molecule has 3 heteroatoms. The van der Waals surface area contributed by atoms with Gasteiger partial charge in [-0.1, -0.05) is 68.6 Å². The first-order valence-corrected chi connectivity index (χ1v) is 11.3. The van der Waals surface area contributed by atoms with Crippen LogP contribution >= 0.6 is 0 Å². The lowest BCUT2D eigenvalue weighted by Crippen LogP contribution is -2.17. The van der Waals surface area contributed by atoms with Gasteiger partial charge in [0.1, 0.15) is 0 Å². The Morgan fingerprint density at radius 3 is 2.52 bits per heavy atom. The van der Waals surface area contributed by atoms with Crippen molar-refractivity contribution in [3.63, 3.8) is 0 Å². The Bertz CT molecular complexity index is 563. The maximum atomic E-state index is 5.44. The third-order valence-electron chi connectivity index (χ3n) is 5.48. The summed E-state index contributed by atoms with van der Waals surface area (Å²) in [5.74, 6) is 1.06. The van der Waals surface area contributed by atoms with Gasteiger partial charge in [-0.3, -0.25) is 4.99 Å². The molecular formula is C26H42N2O. The highest BCUT2D eigenvalue weighted by Crippen LogP contribution is 2.34. The highest BCUT2D eigenvalue weighted by atomic mass is 16.5. The molecule has 0 heterocycles. The lowest BCUT2D eigenvalue weighted by atomic mass is 9.77. The van der Waals surface area contributed by atoms with E-state index < -0.39 is 0 Å². The van der Waals surface area contributed by atoms with E-state index in [4.69, 9.17) is 4.74 Å². The standard InChI is InChI=1S/C26H42N2O/c1-5-29-21-13-14-23(2)18-19-25(22-28-4)26(17-11-12-20-27-3)24-15-9-7-6-8-10-16-24/h11-12,17-20,22,24,26,28H,2-3,5-10,13-16,21H2,1,4H3/b17-11-,19-18-,20-12-,25-22+. The van der Waals surface area contributed by atoms with Gasteiger partial charge in [-0.05, 0) is 56.9 Å². The SMILES string of the molecule is C=N/C=C\C=C/C(C(/C=C\C(=C)CCCOCC)=C/NC)C1CCCCCCC1. The second kappa shape index (κ2) is 17.0. The van der Waals surface area contributed by atoms with Gasteiger partial charge in [0, 0.05) is 38.6 Å². The monoisotopic (exact) mass is 398 g/mol. The lowest BCUT2D eigenvalue weighted by Gasteiger charge is -2.28. The van der Waals surface area contributed by atoms with E-state index in [1.165, 1.54) is 50.5 Å². The van der Waals surface area contributed by atoms with E-state index in [1.807, 2.05) is 20.0 Å². The van der Waals surface area contributed by atoms with Crippen molar-refractivity contribution in [2.75, 3.05) is 20.3 Å². The summed E-state index contributed by atoms with van der Waals surface area (Å²) in [4.78, 5) is 3.81. The van der Waals surface area contributed by atoms with Gasteiger partial charge < -0.3 is 10.1 Å². The molecule has 0 aliphatic heterocycles. The Morgan fingerprint density at radius 2 is 1.86 bits per heavy atom. The van der Waals surface area contributed by atoms with Crippen molar-refractivity contribution in [1.82, 2.24) is 5.32 Å². The number of aliphatic imine (C=N–C) groups is 1. The van der Waals surface area contributed by atoms with E-state index in [0.29, 0.717) is 11.8 Å². The number of nitrogens with one attached hydrogen (secondary N) is 1. The van der Waals surface area contributed by atoms with Crippen LogP contribution in [0.2, 0.25) is 0 Å². The van der Waals surface area contributed by atoms with Crippen molar-refractivity contribution in [3.8, 4) is 0 Å². The second-order valence-corrected chi connectivity index (χ2v) is 7.77. The normalized spacial score (nSPS) is 18.2. The molecule has 0 saturated heterocycles. The summed E-state index contributed by atoms with van der Waals surface area (Å²) in [6.45, 7) is 11.4. The average Bonchev–Trinajstić information content (AvgIpc) is 2.69. The van der Waals surface area contributed by atoms with Gasteiger partial charge in [0.25, 0.3) is 0 Å². The highest BCUT2D eigenvalue weighted by molar-refractivity contribution is 5.32. The summed E-state index contributed by atoms with van der Waals surface area (Å²) in [6.07, 6.45) is 26.1. The Morgan fingerprint density at radius 1 is 1.14 bits per heavy atom. The van der Waals surface area contributed by atoms with Crippen molar-refractivity contribution < 1.29 is 4.74 Å². The van der Waals surface area contributed by atoms with Gasteiger partial charge in [-0.25, -0.2) is 0 Å². The maximum Gasteiger partial charge on any atom is 0.0469 e. The minimum Gasteiger partial charge on any atom is -0.394 e. The van der Waals surface area contributed by atoms with Crippen LogP contribution in [0.25, 0.3) is 0 Å². The second-order valence-electron chi connectivity index (χ2n) is 7.77. The average molecular weight is 399 g/mol. The van der Waals surface area contributed by atoms with Gasteiger partial charge in [0.05, 0.1) is 0 Å². The molecule has 1 atom stereocenters. The number of hydrogen-bond acceptors (Lipinski definition) is 3. The molecular weight excluding hydrogens is 356 g/mol. The summed E-state index contributed by atoms with van der Waals surface area (Å²) in [5.41, 5.74) is 2.48. The van der Waals surface area contributed by atoms with Crippen molar-refractivity contribution in [2.24, 2.45) is 16.8 Å². The topological polar surface area (TPSA) is 33.6 Å². The number of ether oxygens (including phenoxy) is 1. The molecule has 162 valence electrons. The molecule has 3 nitrogen and oxygen atoms in total. The number of hydrogen-bond donors (Lipinski definition) is 1. The van der Waals surface area contributed by atoms with Crippen LogP contribution < -0.4 is 5.32 Å². The van der Waals surface area contributed by atoms with Gasteiger partial charge in [0.2, 0.25) is 0 Å². The zero-order chi connectivity index (χ0) is 21.2. The fourth-order valence-electron chi connectivity index (χ4n) is 3.95. The zero-order valence-electron chi connectivity index (χ0n) is 18.7. The lowest BCUT2D eigenvalue weighted by molar-refractivity contribution is 0.145. The van der Waals surface area contributed by atoms with Crippen LogP contribution in [0.4, 0.5) is 0 Å². The molecule has 1 aliphatic rings. The molecule has 1 fully saturated rings. The molecule has 29 heavy (non-hydrogen) atoms. The van der Waals surface area contributed by atoms with Crippen LogP contribution in [0, 0.1) is 11.8 Å². The summed E-state index contributed by atoms with van der Waals surface area (Å²) < 4.78 is 5.44. The molecule has 0 amide bonds. The number of rotatable bonds is 13. The molecule has 1 unspecified atom stereocenters. The smallest absolute Gasteiger partial charge is 0.0469 e. The van der Waals surface area contributed by atoms with E-state index in [2.05, 4.69) is 54.1 Å². The van der Waals surface area contributed by atoms with E-state index in [9.17, 15) is 0 Å². The van der Waals surface area contributed by atoms with Gasteiger partial charge >= 0.3 is 0 Å². The fourth-order valence-corrected chi connectivity index (χ4v) is 3.95. The van der Waals surface area contributed by atoms with Crippen LogP contribution in [0.1, 0.15) is 64.7 Å². The zero-order valence-corrected chi connectivity index (χ0v) is 18.7. The Hall–Kier alpha value is -1.87. The summed E-state index contributed by atoms with van der Waals surface area (Å²) in [7, 11) is 1.98. The third kappa shape index (κ3) is 11.7.